The van der Waals surface area contributed by atoms with Gasteiger partial charge in [0, 0.05) is 24.2 Å². The molecule has 0 aliphatic heterocycles. The molecule has 2 aromatic heterocycles. The maximum absolute atomic E-state index is 12.8. The van der Waals surface area contributed by atoms with Crippen molar-refractivity contribution in [3.05, 3.63) is 65.8 Å². The summed E-state index contributed by atoms with van der Waals surface area (Å²) >= 11 is 0. The lowest BCUT2D eigenvalue weighted by Crippen LogP contribution is -2.16. The largest absolute Gasteiger partial charge is 0.370 e. The maximum Gasteiger partial charge on any atom is 0.274 e. The lowest BCUT2D eigenvalue weighted by molar-refractivity contribution is 0.102. The molecule has 6 heteroatoms. The fourth-order valence-electron chi connectivity index (χ4n) is 3.65. The Morgan fingerprint density at radius 2 is 2.03 bits per heavy atom. The fourth-order valence-corrected chi connectivity index (χ4v) is 3.65. The molecule has 3 aromatic rings. The number of carbonyl (C=O) groups is 1. The summed E-state index contributed by atoms with van der Waals surface area (Å²) in [6.07, 6.45) is 10.0. The third kappa shape index (κ3) is 4.77. The van der Waals surface area contributed by atoms with Crippen LogP contribution in [0.2, 0.25) is 0 Å². The molecule has 1 amide bonds. The molecule has 0 spiro atoms. The summed E-state index contributed by atoms with van der Waals surface area (Å²) < 4.78 is 0. The van der Waals surface area contributed by atoms with E-state index < -0.39 is 0 Å². The van der Waals surface area contributed by atoms with Crippen molar-refractivity contribution >= 4 is 28.3 Å². The molecule has 0 unspecified atom stereocenters. The molecule has 1 aromatic carbocycles. The van der Waals surface area contributed by atoms with Crippen molar-refractivity contribution in [1.82, 2.24) is 15.0 Å². The second-order valence-electron chi connectivity index (χ2n) is 7.31. The zero-order valence-corrected chi connectivity index (χ0v) is 16.6. The number of carbonyl (C=O) groups excluding carboxylic acids is 1. The molecule has 1 aliphatic carbocycles. The number of amides is 1. The van der Waals surface area contributed by atoms with Crippen LogP contribution in [0.1, 0.15) is 48.4 Å². The number of pyridine rings is 1. The van der Waals surface area contributed by atoms with Crippen LogP contribution in [-0.4, -0.2) is 27.4 Å². The number of nitrogens with zero attached hydrogens (tertiary/aromatic N) is 3. The quantitative estimate of drug-likeness (QED) is 0.589. The highest BCUT2D eigenvalue weighted by Crippen LogP contribution is 2.22. The van der Waals surface area contributed by atoms with Crippen LogP contribution in [-0.2, 0) is 0 Å². The van der Waals surface area contributed by atoms with Gasteiger partial charge in [0.1, 0.15) is 17.3 Å². The number of fused-ring (bicyclic) bond motifs is 1. The molecule has 0 fully saturated rings. The molecule has 6 nitrogen and oxygen atoms in total. The Hall–Kier alpha value is -3.28. The van der Waals surface area contributed by atoms with Crippen molar-refractivity contribution in [2.45, 2.75) is 39.0 Å². The van der Waals surface area contributed by atoms with Crippen molar-refractivity contribution in [1.29, 1.82) is 0 Å². The van der Waals surface area contributed by atoms with Gasteiger partial charge in [-0.25, -0.2) is 9.97 Å². The second-order valence-corrected chi connectivity index (χ2v) is 7.31. The second kappa shape index (κ2) is 8.82. The standard InChI is InChI=1S/C23H25N5O/c1-16-26-20(15-21(27-16)24-14-12-17-7-3-2-4-8-17)23(29)28-19-11-5-9-18-10-6-13-25-22(18)19/h5-7,9-11,13,15H,2-4,8,12,14H2,1H3,(H,28,29)(H,24,26,27). The highest BCUT2D eigenvalue weighted by atomic mass is 16.1. The Bertz CT molecular complexity index is 1050. The van der Waals surface area contributed by atoms with E-state index in [0.717, 1.165) is 23.9 Å². The van der Waals surface area contributed by atoms with Gasteiger partial charge in [-0.1, -0.05) is 29.8 Å². The van der Waals surface area contributed by atoms with E-state index >= 15 is 0 Å². The number of allylic oxidation sites excluding steroid dienone is 1. The number of aryl methyl sites for hydroxylation is 1. The van der Waals surface area contributed by atoms with Gasteiger partial charge in [-0.3, -0.25) is 9.78 Å². The van der Waals surface area contributed by atoms with Crippen LogP contribution in [0.5, 0.6) is 0 Å². The number of para-hydroxylation sites is 1. The molecular weight excluding hydrogens is 362 g/mol. The van der Waals surface area contributed by atoms with Crippen molar-refractivity contribution < 1.29 is 4.79 Å². The third-order valence-corrected chi connectivity index (χ3v) is 5.09. The van der Waals surface area contributed by atoms with Gasteiger partial charge in [-0.05, 0) is 51.2 Å². The minimum Gasteiger partial charge on any atom is -0.370 e. The first-order chi connectivity index (χ1) is 14.2. The van der Waals surface area contributed by atoms with E-state index in [-0.39, 0.29) is 5.91 Å². The molecule has 4 rings (SSSR count). The first-order valence-electron chi connectivity index (χ1n) is 10.1. The Labute approximate surface area is 170 Å². The zero-order chi connectivity index (χ0) is 20.1. The first kappa shape index (κ1) is 19.1. The minimum absolute atomic E-state index is 0.272. The molecule has 29 heavy (non-hydrogen) atoms. The van der Waals surface area contributed by atoms with Gasteiger partial charge in [-0.15, -0.1) is 0 Å². The zero-order valence-electron chi connectivity index (χ0n) is 16.6. The predicted molar refractivity (Wildman–Crippen MR) is 116 cm³/mol. The lowest BCUT2D eigenvalue weighted by Gasteiger charge is -2.14. The van der Waals surface area contributed by atoms with Gasteiger partial charge >= 0.3 is 0 Å². The smallest absolute Gasteiger partial charge is 0.274 e. The van der Waals surface area contributed by atoms with Crippen LogP contribution >= 0.6 is 0 Å². The molecule has 2 N–H and O–H groups in total. The number of hydrogen-bond acceptors (Lipinski definition) is 5. The number of rotatable bonds is 6. The van der Waals surface area contributed by atoms with E-state index in [4.69, 9.17) is 0 Å². The van der Waals surface area contributed by atoms with Gasteiger partial charge in [-0.2, -0.15) is 0 Å². The van der Waals surface area contributed by atoms with E-state index in [1.165, 1.54) is 31.3 Å². The van der Waals surface area contributed by atoms with Crippen LogP contribution in [0.15, 0.2) is 54.2 Å². The normalized spacial score (nSPS) is 13.8. The predicted octanol–water partition coefficient (Wildman–Crippen LogP) is 4.89. The molecule has 0 atom stereocenters. The topological polar surface area (TPSA) is 79.8 Å². The lowest BCUT2D eigenvalue weighted by atomic mass is 9.97. The van der Waals surface area contributed by atoms with E-state index in [1.54, 1.807) is 19.2 Å². The highest BCUT2D eigenvalue weighted by Gasteiger charge is 2.13. The van der Waals surface area contributed by atoms with E-state index in [1.807, 2.05) is 30.3 Å². The molecule has 0 saturated carbocycles. The Kier molecular flexibility index (Phi) is 5.79. The summed E-state index contributed by atoms with van der Waals surface area (Å²) in [7, 11) is 0. The number of nitrogens with one attached hydrogen (secondary N) is 2. The number of hydrogen-bond donors (Lipinski definition) is 2. The monoisotopic (exact) mass is 387 g/mol. The number of anilines is 2. The van der Waals surface area contributed by atoms with Gasteiger partial charge < -0.3 is 10.6 Å². The summed E-state index contributed by atoms with van der Waals surface area (Å²) in [5.41, 5.74) is 3.28. The van der Waals surface area contributed by atoms with Crippen LogP contribution in [0.25, 0.3) is 10.9 Å². The summed E-state index contributed by atoms with van der Waals surface area (Å²) in [4.78, 5) is 25.9. The number of benzene rings is 1. The third-order valence-electron chi connectivity index (χ3n) is 5.09. The van der Waals surface area contributed by atoms with Gasteiger partial charge in [0.05, 0.1) is 11.2 Å². The van der Waals surface area contributed by atoms with Crippen molar-refractivity contribution in [2.75, 3.05) is 17.2 Å². The molecule has 148 valence electrons. The Balaban J connectivity index is 1.46. The number of aromatic nitrogens is 3. The highest BCUT2D eigenvalue weighted by molar-refractivity contribution is 6.07. The van der Waals surface area contributed by atoms with Gasteiger partial charge in [0.15, 0.2) is 0 Å². The van der Waals surface area contributed by atoms with Crippen molar-refractivity contribution in [3.8, 4) is 0 Å². The SMILES string of the molecule is Cc1nc(NCCC2=CCCCC2)cc(C(=O)Nc2cccc3cccnc23)n1. The average Bonchev–Trinajstić information content (AvgIpc) is 2.74. The van der Waals surface area contributed by atoms with Crippen molar-refractivity contribution in [2.24, 2.45) is 0 Å². The summed E-state index contributed by atoms with van der Waals surface area (Å²) in [6, 6.07) is 11.3. The van der Waals surface area contributed by atoms with Crippen LogP contribution in [0.3, 0.4) is 0 Å². The first-order valence-corrected chi connectivity index (χ1v) is 10.1. The van der Waals surface area contributed by atoms with Gasteiger partial charge in [0.25, 0.3) is 5.91 Å². The van der Waals surface area contributed by atoms with Crippen LogP contribution in [0, 0.1) is 6.92 Å². The summed E-state index contributed by atoms with van der Waals surface area (Å²) in [5.74, 6) is 0.967. The minimum atomic E-state index is -0.272. The molecule has 0 radical (unpaired) electrons. The summed E-state index contributed by atoms with van der Waals surface area (Å²) in [5, 5.41) is 7.25. The fraction of sp³-hybridized carbons (Fsp3) is 0.304. The maximum atomic E-state index is 12.8. The van der Waals surface area contributed by atoms with Crippen LogP contribution in [0.4, 0.5) is 11.5 Å². The van der Waals surface area contributed by atoms with Gasteiger partial charge in [0.2, 0.25) is 0 Å². The molecule has 0 bridgehead atoms. The molecule has 1 aliphatic rings. The average molecular weight is 387 g/mol. The Morgan fingerprint density at radius 1 is 1.14 bits per heavy atom. The summed E-state index contributed by atoms with van der Waals surface area (Å²) in [6.45, 7) is 2.60. The molecule has 2 heterocycles. The van der Waals surface area contributed by atoms with E-state index in [0.29, 0.717) is 23.0 Å². The molecule has 0 saturated heterocycles. The van der Waals surface area contributed by atoms with E-state index in [9.17, 15) is 4.79 Å². The van der Waals surface area contributed by atoms with Crippen molar-refractivity contribution in [3.63, 3.8) is 0 Å². The van der Waals surface area contributed by atoms with E-state index in [2.05, 4.69) is 31.7 Å². The molecular formula is C23H25N5O. The Morgan fingerprint density at radius 3 is 2.90 bits per heavy atom. The van der Waals surface area contributed by atoms with Crippen LogP contribution < -0.4 is 10.6 Å².